The highest BCUT2D eigenvalue weighted by molar-refractivity contribution is 5.94. The lowest BCUT2D eigenvalue weighted by Gasteiger charge is -2.35. The molecule has 0 bridgehead atoms. The van der Waals surface area contributed by atoms with Gasteiger partial charge in [-0.2, -0.15) is 0 Å². The number of amides is 1. The van der Waals surface area contributed by atoms with Crippen molar-refractivity contribution in [3.63, 3.8) is 0 Å². The molecule has 3 rings (SSSR count). The molecule has 26 heavy (non-hydrogen) atoms. The zero-order valence-electron chi connectivity index (χ0n) is 15.4. The van der Waals surface area contributed by atoms with Gasteiger partial charge in [-0.25, -0.2) is 15.0 Å². The van der Waals surface area contributed by atoms with Crippen LogP contribution < -0.4 is 15.1 Å². The van der Waals surface area contributed by atoms with Crippen molar-refractivity contribution in [2.75, 3.05) is 42.5 Å². The highest BCUT2D eigenvalue weighted by Gasteiger charge is 2.20. The number of carbonyl (C=O) groups is 1. The van der Waals surface area contributed by atoms with Crippen LogP contribution >= 0.6 is 0 Å². The average molecular weight is 354 g/mol. The third-order valence-electron chi connectivity index (χ3n) is 4.45. The molecular weight excluding hydrogens is 328 g/mol. The summed E-state index contributed by atoms with van der Waals surface area (Å²) >= 11 is 0. The minimum Gasteiger partial charge on any atom is -0.353 e. The smallest absolute Gasteiger partial charge is 0.251 e. The molecule has 0 aliphatic carbocycles. The summed E-state index contributed by atoms with van der Waals surface area (Å²) in [6.45, 7) is 8.30. The Balaban J connectivity index is 1.58. The lowest BCUT2D eigenvalue weighted by atomic mass is 10.1. The van der Waals surface area contributed by atoms with Gasteiger partial charge in [0.1, 0.15) is 5.82 Å². The number of hydrogen-bond donors (Lipinski definition) is 1. The first-order chi connectivity index (χ1) is 12.6. The molecule has 1 aliphatic rings. The minimum absolute atomic E-state index is 0.0365. The molecule has 2 aromatic heterocycles. The van der Waals surface area contributed by atoms with Crippen molar-refractivity contribution in [2.24, 2.45) is 5.92 Å². The molecule has 138 valence electrons. The zero-order chi connectivity index (χ0) is 18.4. The summed E-state index contributed by atoms with van der Waals surface area (Å²) in [6.07, 6.45) is 6.21. The number of carbonyl (C=O) groups excluding carboxylic acids is 1. The summed E-state index contributed by atoms with van der Waals surface area (Å²) in [5, 5.41) is 2.98. The van der Waals surface area contributed by atoms with Crippen molar-refractivity contribution < 1.29 is 4.79 Å². The Bertz CT molecular complexity index is 713. The highest BCUT2D eigenvalue weighted by atomic mass is 16.1. The molecule has 1 N–H and O–H groups in total. The molecule has 1 amide bonds. The molecule has 0 aromatic carbocycles. The summed E-state index contributed by atoms with van der Waals surface area (Å²) in [4.78, 5) is 29.7. The van der Waals surface area contributed by atoms with E-state index in [1.807, 2.05) is 12.1 Å². The van der Waals surface area contributed by atoms with Crippen LogP contribution in [0.2, 0.25) is 0 Å². The second kappa shape index (κ2) is 8.60. The maximum absolute atomic E-state index is 12.3. The summed E-state index contributed by atoms with van der Waals surface area (Å²) in [6, 6.07) is 5.46. The number of hydrogen-bond acceptors (Lipinski definition) is 6. The lowest BCUT2D eigenvalue weighted by Crippen LogP contribution is -2.47. The second-order valence-corrected chi connectivity index (χ2v) is 6.86. The molecule has 1 saturated heterocycles. The fourth-order valence-electron chi connectivity index (χ4n) is 2.90. The van der Waals surface area contributed by atoms with Gasteiger partial charge in [-0.1, -0.05) is 13.8 Å². The molecule has 0 atom stereocenters. The van der Waals surface area contributed by atoms with Crippen LogP contribution in [0.4, 0.5) is 11.8 Å². The zero-order valence-corrected chi connectivity index (χ0v) is 15.4. The highest BCUT2D eigenvalue weighted by Crippen LogP contribution is 2.17. The predicted molar refractivity (Wildman–Crippen MR) is 102 cm³/mol. The van der Waals surface area contributed by atoms with E-state index < -0.39 is 0 Å². The van der Waals surface area contributed by atoms with Crippen LogP contribution in [0.5, 0.6) is 0 Å². The lowest BCUT2D eigenvalue weighted by molar-refractivity contribution is 0.0952. The van der Waals surface area contributed by atoms with E-state index in [9.17, 15) is 4.79 Å². The van der Waals surface area contributed by atoms with Crippen molar-refractivity contribution in [2.45, 2.75) is 20.3 Å². The quantitative estimate of drug-likeness (QED) is 0.855. The Morgan fingerprint density at radius 2 is 1.77 bits per heavy atom. The van der Waals surface area contributed by atoms with Gasteiger partial charge in [0.2, 0.25) is 5.95 Å². The Morgan fingerprint density at radius 1 is 1.08 bits per heavy atom. The van der Waals surface area contributed by atoms with Gasteiger partial charge in [0.15, 0.2) is 0 Å². The van der Waals surface area contributed by atoms with Crippen LogP contribution in [0.25, 0.3) is 0 Å². The van der Waals surface area contributed by atoms with Crippen LogP contribution in [-0.4, -0.2) is 53.6 Å². The van der Waals surface area contributed by atoms with Crippen molar-refractivity contribution in [3.8, 4) is 0 Å². The normalized spacial score (nSPS) is 14.6. The second-order valence-electron chi connectivity index (χ2n) is 6.86. The molecule has 0 unspecified atom stereocenters. The Hall–Kier alpha value is -2.70. The molecular formula is C19H26N6O. The molecule has 7 nitrogen and oxygen atoms in total. The fourth-order valence-corrected chi connectivity index (χ4v) is 2.90. The van der Waals surface area contributed by atoms with Crippen LogP contribution in [0.15, 0.2) is 36.8 Å². The van der Waals surface area contributed by atoms with Crippen LogP contribution in [0.3, 0.4) is 0 Å². The maximum atomic E-state index is 12.3. The van der Waals surface area contributed by atoms with Gasteiger partial charge in [0.05, 0.1) is 0 Å². The number of pyridine rings is 1. The monoisotopic (exact) mass is 354 g/mol. The van der Waals surface area contributed by atoms with Crippen LogP contribution in [-0.2, 0) is 0 Å². The Kier molecular flexibility index (Phi) is 5.99. The number of aromatic nitrogens is 3. The first-order valence-corrected chi connectivity index (χ1v) is 9.14. The summed E-state index contributed by atoms with van der Waals surface area (Å²) < 4.78 is 0. The van der Waals surface area contributed by atoms with Crippen molar-refractivity contribution >= 4 is 17.7 Å². The summed E-state index contributed by atoms with van der Waals surface area (Å²) in [5.74, 6) is 2.15. The van der Waals surface area contributed by atoms with Gasteiger partial charge in [0.25, 0.3) is 5.91 Å². The van der Waals surface area contributed by atoms with E-state index in [1.165, 1.54) is 0 Å². The largest absolute Gasteiger partial charge is 0.353 e. The summed E-state index contributed by atoms with van der Waals surface area (Å²) in [7, 11) is 0. The number of nitrogens with one attached hydrogen (secondary N) is 1. The summed E-state index contributed by atoms with van der Waals surface area (Å²) in [5.41, 5.74) is 0.660. The molecule has 0 spiro atoms. The van der Waals surface area contributed by atoms with E-state index in [2.05, 4.69) is 43.9 Å². The molecule has 7 heteroatoms. The molecule has 1 aliphatic heterocycles. The molecule has 3 heterocycles. The van der Waals surface area contributed by atoms with Crippen molar-refractivity contribution in [3.05, 3.63) is 42.4 Å². The first-order valence-electron chi connectivity index (χ1n) is 9.14. The van der Waals surface area contributed by atoms with Gasteiger partial charge in [-0.05, 0) is 30.5 Å². The average Bonchev–Trinajstić information content (AvgIpc) is 2.68. The number of piperazine rings is 1. The van der Waals surface area contributed by atoms with E-state index in [4.69, 9.17) is 0 Å². The van der Waals surface area contributed by atoms with Crippen LogP contribution in [0.1, 0.15) is 30.6 Å². The molecule has 0 saturated carbocycles. The van der Waals surface area contributed by atoms with Crippen molar-refractivity contribution in [1.82, 2.24) is 20.3 Å². The standard InChI is InChI=1S/C19H26N6O/c1-15(2)4-8-21-18(26)16-5-9-20-17(14-16)24-10-12-25(13-11-24)19-22-6-3-7-23-19/h3,5-7,9,14-15H,4,8,10-13H2,1-2H3,(H,21,26). The molecule has 0 radical (unpaired) electrons. The predicted octanol–water partition coefficient (Wildman–Crippen LogP) is 1.97. The number of anilines is 2. The van der Waals surface area contributed by atoms with Gasteiger partial charge in [-0.3, -0.25) is 4.79 Å². The number of nitrogens with zero attached hydrogens (tertiary/aromatic N) is 5. The van der Waals surface area contributed by atoms with Crippen LogP contribution in [0, 0.1) is 5.92 Å². The van der Waals surface area contributed by atoms with Crippen molar-refractivity contribution in [1.29, 1.82) is 0 Å². The maximum Gasteiger partial charge on any atom is 0.251 e. The van der Waals surface area contributed by atoms with Gasteiger partial charge < -0.3 is 15.1 Å². The minimum atomic E-state index is -0.0365. The van der Waals surface area contributed by atoms with E-state index in [1.54, 1.807) is 24.7 Å². The van der Waals surface area contributed by atoms with Gasteiger partial charge in [0, 0.05) is 56.9 Å². The van der Waals surface area contributed by atoms with E-state index in [0.29, 0.717) is 18.0 Å². The third kappa shape index (κ3) is 4.68. The van der Waals surface area contributed by atoms with E-state index in [0.717, 1.165) is 44.4 Å². The number of rotatable bonds is 6. The van der Waals surface area contributed by atoms with Gasteiger partial charge in [-0.15, -0.1) is 0 Å². The molecule has 2 aromatic rings. The SMILES string of the molecule is CC(C)CCNC(=O)c1ccnc(N2CCN(c3ncccn3)CC2)c1. The Labute approximate surface area is 154 Å². The fraction of sp³-hybridized carbons (Fsp3) is 0.474. The third-order valence-corrected chi connectivity index (χ3v) is 4.45. The van der Waals surface area contributed by atoms with Gasteiger partial charge >= 0.3 is 0 Å². The topological polar surface area (TPSA) is 74.2 Å². The Morgan fingerprint density at radius 3 is 2.46 bits per heavy atom. The first kappa shape index (κ1) is 18.1. The van der Waals surface area contributed by atoms with E-state index >= 15 is 0 Å². The molecule has 1 fully saturated rings. The van der Waals surface area contributed by atoms with E-state index in [-0.39, 0.29) is 5.91 Å².